The van der Waals surface area contributed by atoms with Crippen LogP contribution in [0.4, 0.5) is 0 Å². The van der Waals surface area contributed by atoms with Gasteiger partial charge in [0.25, 0.3) is 0 Å². The minimum absolute atomic E-state index is 0. The molecule has 0 aliphatic carbocycles. The molecular weight excluding hydrogens is 291 g/mol. The van der Waals surface area contributed by atoms with Crippen LogP contribution >= 0.6 is 35.3 Å². The Morgan fingerprint density at radius 1 is 1.56 bits per heavy atom. The lowest BCUT2D eigenvalue weighted by molar-refractivity contribution is -0.124. The second-order valence-electron chi connectivity index (χ2n) is 4.37. The lowest BCUT2D eigenvalue weighted by Crippen LogP contribution is -2.47. The molecule has 0 aromatic carbocycles. The van der Waals surface area contributed by atoms with Crippen LogP contribution in [-0.4, -0.2) is 18.5 Å². The van der Waals surface area contributed by atoms with Gasteiger partial charge in [0.05, 0.1) is 16.4 Å². The summed E-state index contributed by atoms with van der Waals surface area (Å²) in [7, 11) is 0. The number of carbonyl (C=O) groups excluding carboxylic acids is 1. The zero-order valence-corrected chi connectivity index (χ0v) is 12.6. The Kier molecular flexibility index (Phi) is 6.43. The maximum atomic E-state index is 12.0. The fourth-order valence-electron chi connectivity index (χ4n) is 2.02. The van der Waals surface area contributed by atoms with Crippen LogP contribution in [0, 0.1) is 0 Å². The highest BCUT2D eigenvalue weighted by atomic mass is 35.5. The molecule has 1 amide bonds. The van der Waals surface area contributed by atoms with Crippen LogP contribution in [0.3, 0.4) is 0 Å². The van der Waals surface area contributed by atoms with E-state index in [2.05, 4.69) is 10.6 Å². The van der Waals surface area contributed by atoms with Gasteiger partial charge in [-0.05, 0) is 38.4 Å². The first kappa shape index (κ1) is 15.8. The zero-order chi connectivity index (χ0) is 12.3. The third-order valence-electron chi connectivity index (χ3n) is 3.01. The van der Waals surface area contributed by atoms with Gasteiger partial charge in [0.15, 0.2) is 0 Å². The molecule has 1 saturated heterocycles. The predicted molar refractivity (Wildman–Crippen MR) is 78.8 cm³/mol. The van der Waals surface area contributed by atoms with Crippen molar-refractivity contribution in [3.05, 3.63) is 21.3 Å². The quantitative estimate of drug-likeness (QED) is 0.900. The third-order valence-corrected chi connectivity index (χ3v) is 4.42. The Hall–Kier alpha value is -0.290. The number of amides is 1. The predicted octanol–water partition coefficient (Wildman–Crippen LogP) is 3.14. The van der Waals surface area contributed by atoms with E-state index in [1.165, 1.54) is 17.8 Å². The van der Waals surface area contributed by atoms with Gasteiger partial charge in [-0.25, -0.2) is 0 Å². The van der Waals surface area contributed by atoms with Crippen LogP contribution in [0.1, 0.15) is 37.1 Å². The first-order valence-electron chi connectivity index (χ1n) is 5.96. The number of hydrogen-bond acceptors (Lipinski definition) is 3. The Morgan fingerprint density at radius 3 is 2.89 bits per heavy atom. The summed E-state index contributed by atoms with van der Waals surface area (Å²) in [5, 5.41) is 6.28. The summed E-state index contributed by atoms with van der Waals surface area (Å²) in [6.45, 7) is 2.93. The standard InChI is InChI=1S/C12H17ClN2OS.ClH/c1-8(10-5-6-11(13)17-10)15-12(16)9-4-2-3-7-14-9;/h5-6,8-9,14H,2-4,7H2,1H3,(H,15,16);1H. The summed E-state index contributed by atoms with van der Waals surface area (Å²) >= 11 is 7.40. The number of thiophene rings is 1. The molecule has 3 nitrogen and oxygen atoms in total. The van der Waals surface area contributed by atoms with Crippen molar-refractivity contribution in [1.29, 1.82) is 0 Å². The summed E-state index contributed by atoms with van der Waals surface area (Å²) < 4.78 is 0.761. The molecule has 1 aromatic rings. The number of nitrogens with one attached hydrogen (secondary N) is 2. The van der Waals surface area contributed by atoms with Gasteiger partial charge in [0, 0.05) is 4.88 Å². The van der Waals surface area contributed by atoms with E-state index in [0.29, 0.717) is 0 Å². The fraction of sp³-hybridized carbons (Fsp3) is 0.583. The molecular formula is C12H18Cl2N2OS. The molecule has 0 saturated carbocycles. The molecule has 0 bridgehead atoms. The molecule has 1 aromatic heterocycles. The monoisotopic (exact) mass is 308 g/mol. The summed E-state index contributed by atoms with van der Waals surface area (Å²) in [5.41, 5.74) is 0. The van der Waals surface area contributed by atoms with Gasteiger partial charge in [-0.15, -0.1) is 23.7 Å². The minimum Gasteiger partial charge on any atom is -0.347 e. The van der Waals surface area contributed by atoms with Crippen molar-refractivity contribution in [3.63, 3.8) is 0 Å². The summed E-state index contributed by atoms with van der Waals surface area (Å²) in [5.74, 6) is 0.0988. The second kappa shape index (κ2) is 7.34. The van der Waals surface area contributed by atoms with E-state index in [1.807, 2.05) is 19.1 Å². The summed E-state index contributed by atoms with van der Waals surface area (Å²) in [6.07, 6.45) is 3.23. The molecule has 0 radical (unpaired) electrons. The number of hydrogen-bond donors (Lipinski definition) is 2. The van der Waals surface area contributed by atoms with E-state index in [4.69, 9.17) is 11.6 Å². The lowest BCUT2D eigenvalue weighted by Gasteiger charge is -2.24. The van der Waals surface area contributed by atoms with E-state index in [-0.39, 0.29) is 30.4 Å². The van der Waals surface area contributed by atoms with Gasteiger partial charge in [-0.3, -0.25) is 4.79 Å². The molecule has 1 aliphatic heterocycles. The number of piperidine rings is 1. The highest BCUT2D eigenvalue weighted by molar-refractivity contribution is 7.16. The smallest absolute Gasteiger partial charge is 0.237 e. The molecule has 2 heterocycles. The summed E-state index contributed by atoms with van der Waals surface area (Å²) in [4.78, 5) is 13.1. The van der Waals surface area contributed by atoms with Crippen LogP contribution in [0.5, 0.6) is 0 Å². The highest BCUT2D eigenvalue weighted by Gasteiger charge is 2.22. The molecule has 6 heteroatoms. The molecule has 102 valence electrons. The Morgan fingerprint density at radius 2 is 2.33 bits per heavy atom. The molecule has 2 unspecified atom stereocenters. The number of rotatable bonds is 3. The Balaban J connectivity index is 0.00000162. The van der Waals surface area contributed by atoms with Crippen molar-refractivity contribution in [1.82, 2.24) is 10.6 Å². The number of carbonyl (C=O) groups is 1. The van der Waals surface area contributed by atoms with Gasteiger partial charge in [-0.1, -0.05) is 18.0 Å². The van der Waals surface area contributed by atoms with Crippen LogP contribution in [-0.2, 0) is 4.79 Å². The van der Waals surface area contributed by atoms with E-state index in [1.54, 1.807) is 0 Å². The van der Waals surface area contributed by atoms with Crippen molar-refractivity contribution in [3.8, 4) is 0 Å². The molecule has 18 heavy (non-hydrogen) atoms. The van der Waals surface area contributed by atoms with Gasteiger partial charge >= 0.3 is 0 Å². The zero-order valence-electron chi connectivity index (χ0n) is 10.2. The number of halogens is 2. The molecule has 1 aliphatic rings. The molecule has 0 spiro atoms. The molecule has 2 N–H and O–H groups in total. The molecule has 2 atom stereocenters. The topological polar surface area (TPSA) is 41.1 Å². The third kappa shape index (κ3) is 4.12. The van der Waals surface area contributed by atoms with Gasteiger partial charge < -0.3 is 10.6 Å². The van der Waals surface area contributed by atoms with Crippen molar-refractivity contribution in [2.75, 3.05) is 6.54 Å². The fourth-order valence-corrected chi connectivity index (χ4v) is 3.09. The Bertz CT molecular complexity index is 391. The van der Waals surface area contributed by atoms with Gasteiger partial charge in [0.1, 0.15) is 0 Å². The van der Waals surface area contributed by atoms with Crippen molar-refractivity contribution < 1.29 is 4.79 Å². The van der Waals surface area contributed by atoms with E-state index in [9.17, 15) is 4.79 Å². The normalized spacial score (nSPS) is 20.9. The summed E-state index contributed by atoms with van der Waals surface area (Å²) in [6, 6.07) is 3.83. The van der Waals surface area contributed by atoms with Crippen LogP contribution in [0.2, 0.25) is 4.34 Å². The van der Waals surface area contributed by atoms with Crippen molar-refractivity contribution >= 4 is 41.3 Å². The maximum Gasteiger partial charge on any atom is 0.237 e. The second-order valence-corrected chi connectivity index (χ2v) is 6.12. The van der Waals surface area contributed by atoms with Gasteiger partial charge in [-0.2, -0.15) is 0 Å². The average molecular weight is 309 g/mol. The van der Waals surface area contributed by atoms with Gasteiger partial charge in [0.2, 0.25) is 5.91 Å². The Labute approximate surface area is 123 Å². The minimum atomic E-state index is -0.0263. The van der Waals surface area contributed by atoms with E-state index >= 15 is 0 Å². The van der Waals surface area contributed by atoms with Crippen LogP contribution in [0.25, 0.3) is 0 Å². The van der Waals surface area contributed by atoms with Crippen molar-refractivity contribution in [2.45, 2.75) is 38.3 Å². The SMILES string of the molecule is CC(NC(=O)C1CCCCN1)c1ccc(Cl)s1.Cl. The maximum absolute atomic E-state index is 12.0. The van der Waals surface area contributed by atoms with Crippen LogP contribution < -0.4 is 10.6 Å². The van der Waals surface area contributed by atoms with E-state index < -0.39 is 0 Å². The highest BCUT2D eigenvalue weighted by Crippen LogP contribution is 2.26. The lowest BCUT2D eigenvalue weighted by atomic mass is 10.0. The molecule has 1 fully saturated rings. The first-order valence-corrected chi connectivity index (χ1v) is 7.15. The van der Waals surface area contributed by atoms with Crippen LogP contribution in [0.15, 0.2) is 12.1 Å². The molecule has 2 rings (SSSR count). The average Bonchev–Trinajstić information content (AvgIpc) is 2.77. The largest absolute Gasteiger partial charge is 0.347 e. The van der Waals surface area contributed by atoms with Crippen molar-refractivity contribution in [2.24, 2.45) is 0 Å². The first-order chi connectivity index (χ1) is 8.16. The van der Waals surface area contributed by atoms with E-state index in [0.717, 1.165) is 28.6 Å².